The number of amides is 1. The third kappa shape index (κ3) is 5.20. The van der Waals surface area contributed by atoms with Crippen molar-refractivity contribution in [1.82, 2.24) is 9.88 Å². The molecule has 4 nitrogen and oxygen atoms in total. The lowest BCUT2D eigenvalue weighted by atomic mass is 10.2. The molecule has 0 unspecified atom stereocenters. The van der Waals surface area contributed by atoms with Gasteiger partial charge in [-0.25, -0.2) is 0 Å². The summed E-state index contributed by atoms with van der Waals surface area (Å²) in [6.07, 6.45) is 1.84. The summed E-state index contributed by atoms with van der Waals surface area (Å²) >= 11 is 5.97. The Morgan fingerprint density at radius 3 is 2.68 bits per heavy atom. The average Bonchev–Trinajstić information content (AvgIpc) is 2.47. The molecule has 2 rings (SSSR count). The van der Waals surface area contributed by atoms with E-state index in [2.05, 4.69) is 4.98 Å². The third-order valence-corrected chi connectivity index (χ3v) is 3.41. The fraction of sp³-hybridized carbons (Fsp3) is 0.250. The fourth-order valence-electron chi connectivity index (χ4n) is 2.04. The van der Waals surface area contributed by atoms with Gasteiger partial charge >= 0.3 is 0 Å². The van der Waals surface area contributed by atoms with Crippen LogP contribution in [0.25, 0.3) is 0 Å². The molecule has 22 heavy (non-hydrogen) atoms. The summed E-state index contributed by atoms with van der Waals surface area (Å²) in [5.74, 6) is 0.0368. The molecule has 1 heterocycles. The molecule has 0 spiro atoms. The lowest BCUT2D eigenvalue weighted by molar-refractivity contribution is -0.130. The molecule has 1 aromatic carbocycles. The predicted octanol–water partition coefficient (Wildman–Crippen LogP) is 3.33. The Hall–Kier alpha value is -1.78. The average molecular weight is 340 g/mol. The summed E-state index contributed by atoms with van der Waals surface area (Å²) < 4.78 is 0. The number of nitrogens with two attached hydrogens (primary N) is 1. The van der Waals surface area contributed by atoms with Crippen LogP contribution in [-0.2, 0) is 17.8 Å². The Kier molecular flexibility index (Phi) is 7.15. The van der Waals surface area contributed by atoms with Crippen molar-refractivity contribution in [3.8, 4) is 0 Å². The predicted molar refractivity (Wildman–Crippen MR) is 92.1 cm³/mol. The van der Waals surface area contributed by atoms with Crippen molar-refractivity contribution >= 4 is 35.6 Å². The zero-order chi connectivity index (χ0) is 15.2. The van der Waals surface area contributed by atoms with Gasteiger partial charge in [0, 0.05) is 23.8 Å². The monoisotopic (exact) mass is 339 g/mol. The summed E-state index contributed by atoms with van der Waals surface area (Å²) in [4.78, 5) is 18.3. The van der Waals surface area contributed by atoms with Crippen molar-refractivity contribution in [2.24, 2.45) is 0 Å². The lowest BCUT2D eigenvalue weighted by Crippen LogP contribution is -2.31. The molecule has 1 amide bonds. The molecule has 2 aromatic rings. The SMILES string of the molecule is CCN(Cc1cccc(Cl)c1)C(=O)Cc1ccc(N)cn1.Cl. The van der Waals surface area contributed by atoms with Crippen LogP contribution in [0.15, 0.2) is 42.6 Å². The topological polar surface area (TPSA) is 59.2 Å². The van der Waals surface area contributed by atoms with Crippen LogP contribution in [0, 0.1) is 0 Å². The molecule has 0 aliphatic rings. The number of likely N-dealkylation sites (N-methyl/N-ethyl adjacent to an activating group) is 1. The van der Waals surface area contributed by atoms with Gasteiger partial charge in [0.05, 0.1) is 18.3 Å². The number of aromatic nitrogens is 1. The first kappa shape index (κ1) is 18.3. The van der Waals surface area contributed by atoms with E-state index in [0.29, 0.717) is 23.8 Å². The second-order valence-electron chi connectivity index (χ2n) is 4.80. The van der Waals surface area contributed by atoms with E-state index in [1.54, 1.807) is 23.2 Å². The van der Waals surface area contributed by atoms with E-state index in [-0.39, 0.29) is 24.7 Å². The van der Waals surface area contributed by atoms with Gasteiger partial charge in [0.25, 0.3) is 0 Å². The van der Waals surface area contributed by atoms with Crippen LogP contribution in [-0.4, -0.2) is 22.3 Å². The number of hydrogen-bond donors (Lipinski definition) is 1. The summed E-state index contributed by atoms with van der Waals surface area (Å²) in [7, 11) is 0. The van der Waals surface area contributed by atoms with E-state index >= 15 is 0 Å². The molecule has 0 aliphatic carbocycles. The maximum absolute atomic E-state index is 12.3. The van der Waals surface area contributed by atoms with Crippen LogP contribution in [0.1, 0.15) is 18.2 Å². The zero-order valence-corrected chi connectivity index (χ0v) is 13.9. The summed E-state index contributed by atoms with van der Waals surface area (Å²) in [6.45, 7) is 3.14. The Morgan fingerprint density at radius 2 is 2.09 bits per heavy atom. The summed E-state index contributed by atoms with van der Waals surface area (Å²) in [5.41, 5.74) is 7.92. The first-order valence-corrected chi connectivity index (χ1v) is 7.19. The minimum atomic E-state index is 0. The van der Waals surface area contributed by atoms with Crippen LogP contribution in [0.2, 0.25) is 5.02 Å². The van der Waals surface area contributed by atoms with Gasteiger partial charge in [-0.3, -0.25) is 9.78 Å². The summed E-state index contributed by atoms with van der Waals surface area (Å²) in [5, 5.41) is 0.677. The Bertz CT molecular complexity index is 617. The van der Waals surface area contributed by atoms with Crippen molar-refractivity contribution in [1.29, 1.82) is 0 Å². The smallest absolute Gasteiger partial charge is 0.228 e. The normalized spacial score (nSPS) is 9.91. The highest BCUT2D eigenvalue weighted by Gasteiger charge is 2.13. The van der Waals surface area contributed by atoms with Crippen molar-refractivity contribution in [2.75, 3.05) is 12.3 Å². The number of halogens is 2. The molecule has 0 saturated carbocycles. The number of carbonyl (C=O) groups excluding carboxylic acids is 1. The number of nitrogens with zero attached hydrogens (tertiary/aromatic N) is 2. The lowest BCUT2D eigenvalue weighted by Gasteiger charge is -2.21. The molecule has 0 aliphatic heterocycles. The van der Waals surface area contributed by atoms with Gasteiger partial charge in [-0.05, 0) is 36.8 Å². The van der Waals surface area contributed by atoms with Gasteiger partial charge in [-0.15, -0.1) is 12.4 Å². The van der Waals surface area contributed by atoms with Gasteiger partial charge < -0.3 is 10.6 Å². The van der Waals surface area contributed by atoms with E-state index < -0.39 is 0 Å². The van der Waals surface area contributed by atoms with Crippen molar-refractivity contribution in [3.05, 3.63) is 58.9 Å². The van der Waals surface area contributed by atoms with Gasteiger partial charge in [0.15, 0.2) is 0 Å². The molecule has 0 atom stereocenters. The Labute approximate surface area is 141 Å². The Balaban J connectivity index is 0.00000242. The second-order valence-corrected chi connectivity index (χ2v) is 5.23. The number of pyridine rings is 1. The van der Waals surface area contributed by atoms with Crippen LogP contribution in [0.5, 0.6) is 0 Å². The van der Waals surface area contributed by atoms with Crippen molar-refractivity contribution in [3.63, 3.8) is 0 Å². The largest absolute Gasteiger partial charge is 0.397 e. The molecular weight excluding hydrogens is 321 g/mol. The first-order chi connectivity index (χ1) is 10.1. The molecule has 0 fully saturated rings. The highest BCUT2D eigenvalue weighted by atomic mass is 35.5. The molecule has 6 heteroatoms. The summed E-state index contributed by atoms with van der Waals surface area (Å²) in [6, 6.07) is 11.1. The zero-order valence-electron chi connectivity index (χ0n) is 12.3. The third-order valence-electron chi connectivity index (χ3n) is 3.18. The molecule has 0 saturated heterocycles. The molecule has 0 bridgehead atoms. The van der Waals surface area contributed by atoms with Gasteiger partial charge in [0.1, 0.15) is 0 Å². The van der Waals surface area contributed by atoms with E-state index in [9.17, 15) is 4.79 Å². The molecule has 118 valence electrons. The van der Waals surface area contributed by atoms with Gasteiger partial charge in [-0.1, -0.05) is 23.7 Å². The van der Waals surface area contributed by atoms with Crippen LogP contribution in [0.4, 0.5) is 5.69 Å². The molecule has 0 radical (unpaired) electrons. The number of carbonyl (C=O) groups is 1. The van der Waals surface area contributed by atoms with E-state index in [1.165, 1.54) is 0 Å². The number of hydrogen-bond acceptors (Lipinski definition) is 3. The quantitative estimate of drug-likeness (QED) is 0.908. The van der Waals surface area contributed by atoms with E-state index in [1.807, 2.05) is 31.2 Å². The standard InChI is InChI=1S/C16H18ClN3O.ClH/c1-2-20(11-12-4-3-5-13(17)8-12)16(21)9-15-7-6-14(18)10-19-15;/h3-8,10H,2,9,11,18H2,1H3;1H. The number of benzene rings is 1. The number of nitrogen functional groups attached to an aromatic ring is 1. The van der Waals surface area contributed by atoms with Gasteiger partial charge in [-0.2, -0.15) is 0 Å². The maximum atomic E-state index is 12.3. The number of rotatable bonds is 5. The minimum absolute atomic E-state index is 0. The first-order valence-electron chi connectivity index (χ1n) is 6.81. The molecular formula is C16H19Cl2N3O. The van der Waals surface area contributed by atoms with E-state index in [4.69, 9.17) is 17.3 Å². The number of anilines is 1. The second kappa shape index (κ2) is 8.61. The Morgan fingerprint density at radius 1 is 1.32 bits per heavy atom. The maximum Gasteiger partial charge on any atom is 0.228 e. The van der Waals surface area contributed by atoms with Crippen LogP contribution < -0.4 is 5.73 Å². The van der Waals surface area contributed by atoms with Gasteiger partial charge in [0.2, 0.25) is 5.91 Å². The van der Waals surface area contributed by atoms with Crippen LogP contribution in [0.3, 0.4) is 0 Å². The van der Waals surface area contributed by atoms with E-state index in [0.717, 1.165) is 11.3 Å². The minimum Gasteiger partial charge on any atom is -0.397 e. The molecule has 1 aromatic heterocycles. The van der Waals surface area contributed by atoms with Crippen LogP contribution >= 0.6 is 24.0 Å². The fourth-order valence-corrected chi connectivity index (χ4v) is 2.25. The highest BCUT2D eigenvalue weighted by molar-refractivity contribution is 6.30. The van der Waals surface area contributed by atoms with Crippen molar-refractivity contribution in [2.45, 2.75) is 19.9 Å². The molecule has 2 N–H and O–H groups in total. The highest BCUT2D eigenvalue weighted by Crippen LogP contribution is 2.13. The van der Waals surface area contributed by atoms with Crippen molar-refractivity contribution < 1.29 is 4.79 Å².